The minimum Gasteiger partial charge on any atom is -0.376 e. The van der Waals surface area contributed by atoms with Crippen molar-refractivity contribution in [3.05, 3.63) is 35.4 Å². The maximum atomic E-state index is 12.2. The summed E-state index contributed by atoms with van der Waals surface area (Å²) < 4.78 is 10.8. The molecule has 1 amide bonds. The minimum absolute atomic E-state index is 0.0882. The molecule has 0 saturated carbocycles. The molecular formula is C20H30N2O3. The van der Waals surface area contributed by atoms with E-state index in [9.17, 15) is 4.79 Å². The smallest absolute Gasteiger partial charge is 0.251 e. The molecule has 5 heteroatoms. The summed E-state index contributed by atoms with van der Waals surface area (Å²) in [5, 5.41) is 3.00. The molecule has 2 aliphatic heterocycles. The van der Waals surface area contributed by atoms with E-state index in [0.717, 1.165) is 31.5 Å². The number of hydrogen-bond acceptors (Lipinski definition) is 4. The van der Waals surface area contributed by atoms with E-state index in [1.54, 1.807) is 0 Å². The monoisotopic (exact) mass is 346 g/mol. The first-order valence-corrected chi connectivity index (χ1v) is 9.38. The van der Waals surface area contributed by atoms with Gasteiger partial charge in [0.2, 0.25) is 0 Å². The van der Waals surface area contributed by atoms with Gasteiger partial charge >= 0.3 is 0 Å². The van der Waals surface area contributed by atoms with Crippen LogP contribution in [0.15, 0.2) is 24.3 Å². The molecule has 0 bridgehead atoms. The number of likely N-dealkylation sites (tertiary alicyclic amines) is 1. The maximum absolute atomic E-state index is 12.2. The average molecular weight is 346 g/mol. The minimum atomic E-state index is -0.482. The third-order valence-corrected chi connectivity index (χ3v) is 5.02. The molecule has 0 aromatic heterocycles. The van der Waals surface area contributed by atoms with Crippen LogP contribution in [-0.4, -0.2) is 49.8 Å². The molecule has 0 aliphatic carbocycles. The highest BCUT2D eigenvalue weighted by atomic mass is 16.6. The summed E-state index contributed by atoms with van der Waals surface area (Å²) in [4.78, 5) is 14.8. The zero-order valence-corrected chi connectivity index (χ0v) is 15.4. The Morgan fingerprint density at radius 2 is 1.88 bits per heavy atom. The number of ether oxygens (including phenoxy) is 2. The van der Waals surface area contributed by atoms with E-state index in [2.05, 4.69) is 42.3 Å². The lowest BCUT2D eigenvalue weighted by Gasteiger charge is -2.35. The van der Waals surface area contributed by atoms with Gasteiger partial charge < -0.3 is 14.8 Å². The van der Waals surface area contributed by atoms with Crippen LogP contribution in [-0.2, 0) is 27.4 Å². The Hall–Kier alpha value is -1.43. The largest absolute Gasteiger partial charge is 0.376 e. The number of piperidine rings is 1. The lowest BCUT2D eigenvalue weighted by atomic mass is 9.91. The molecule has 5 nitrogen and oxygen atoms in total. The van der Waals surface area contributed by atoms with E-state index in [4.69, 9.17) is 9.47 Å². The first kappa shape index (κ1) is 18.4. The van der Waals surface area contributed by atoms with Gasteiger partial charge in [0.15, 0.2) is 6.10 Å². The van der Waals surface area contributed by atoms with Crippen molar-refractivity contribution in [2.45, 2.75) is 39.5 Å². The Kier molecular flexibility index (Phi) is 6.45. The number of nitrogens with one attached hydrogen (secondary N) is 1. The van der Waals surface area contributed by atoms with Gasteiger partial charge in [0, 0.05) is 26.2 Å². The molecule has 0 spiro atoms. The van der Waals surface area contributed by atoms with Crippen LogP contribution in [0.1, 0.15) is 31.4 Å². The lowest BCUT2D eigenvalue weighted by Crippen LogP contribution is -2.42. The lowest BCUT2D eigenvalue weighted by molar-refractivity contribution is -0.147. The van der Waals surface area contributed by atoms with Gasteiger partial charge in [-0.25, -0.2) is 0 Å². The molecule has 138 valence electrons. The van der Waals surface area contributed by atoms with Gasteiger partial charge in [-0.2, -0.15) is 0 Å². The Bertz CT molecular complexity index is 562. The molecule has 1 aromatic carbocycles. The van der Waals surface area contributed by atoms with Crippen molar-refractivity contribution in [2.75, 3.05) is 32.9 Å². The Labute approximate surface area is 150 Å². The number of hydrogen-bond donors (Lipinski definition) is 1. The highest BCUT2D eigenvalue weighted by Crippen LogP contribution is 2.23. The zero-order chi connectivity index (χ0) is 17.6. The fourth-order valence-electron chi connectivity index (χ4n) is 3.98. The molecule has 2 aliphatic rings. The maximum Gasteiger partial charge on any atom is 0.251 e. The molecule has 1 aromatic rings. The number of amides is 1. The first-order valence-electron chi connectivity index (χ1n) is 9.38. The van der Waals surface area contributed by atoms with E-state index in [0.29, 0.717) is 26.4 Å². The van der Waals surface area contributed by atoms with Gasteiger partial charge in [0.05, 0.1) is 19.8 Å². The Balaban J connectivity index is 1.57. The van der Waals surface area contributed by atoms with Crippen molar-refractivity contribution >= 4 is 5.91 Å². The zero-order valence-electron chi connectivity index (χ0n) is 15.4. The number of benzene rings is 1. The fraction of sp³-hybridized carbons (Fsp3) is 0.650. The van der Waals surface area contributed by atoms with E-state index in [-0.39, 0.29) is 5.91 Å². The van der Waals surface area contributed by atoms with E-state index < -0.39 is 6.10 Å². The molecule has 2 fully saturated rings. The summed E-state index contributed by atoms with van der Waals surface area (Å²) in [6, 6.07) is 8.39. The molecule has 0 radical (unpaired) electrons. The van der Waals surface area contributed by atoms with Crippen LogP contribution in [0.2, 0.25) is 0 Å². The van der Waals surface area contributed by atoms with Crippen LogP contribution in [0, 0.1) is 11.8 Å². The summed E-state index contributed by atoms with van der Waals surface area (Å²) in [6.45, 7) is 9.85. The topological polar surface area (TPSA) is 50.8 Å². The van der Waals surface area contributed by atoms with Gasteiger partial charge in [0.25, 0.3) is 5.91 Å². The van der Waals surface area contributed by atoms with Crippen LogP contribution in [0.3, 0.4) is 0 Å². The highest BCUT2D eigenvalue weighted by Gasteiger charge is 2.24. The molecule has 1 N–H and O–H groups in total. The number of rotatable bonds is 5. The second kappa shape index (κ2) is 8.79. The summed E-state index contributed by atoms with van der Waals surface area (Å²) in [5.41, 5.74) is 2.48. The standard InChI is InChI=1S/C20H30N2O3/c1-15-9-16(2)12-22(11-15)13-18-6-4-3-5-17(18)10-21-20(23)19-14-24-7-8-25-19/h3-6,15-16,19H,7-14H2,1-2H3,(H,21,23)/t15-,16-,19-/m1/s1. The molecule has 0 unspecified atom stereocenters. The van der Waals surface area contributed by atoms with Crippen LogP contribution in [0.5, 0.6) is 0 Å². The second-order valence-corrected chi connectivity index (χ2v) is 7.56. The van der Waals surface area contributed by atoms with Crippen molar-refractivity contribution < 1.29 is 14.3 Å². The average Bonchev–Trinajstić information content (AvgIpc) is 2.60. The summed E-state index contributed by atoms with van der Waals surface area (Å²) in [5.74, 6) is 1.41. The fourth-order valence-corrected chi connectivity index (χ4v) is 3.98. The molecule has 25 heavy (non-hydrogen) atoms. The van der Waals surface area contributed by atoms with Gasteiger partial charge in [-0.1, -0.05) is 38.1 Å². The normalized spacial score (nSPS) is 27.8. The number of carbonyl (C=O) groups is 1. The molecule has 3 atom stereocenters. The van der Waals surface area contributed by atoms with Crippen molar-refractivity contribution in [3.8, 4) is 0 Å². The van der Waals surface area contributed by atoms with Crippen LogP contribution in [0.25, 0.3) is 0 Å². The van der Waals surface area contributed by atoms with E-state index >= 15 is 0 Å². The molecule has 2 saturated heterocycles. The van der Waals surface area contributed by atoms with Crippen LogP contribution in [0.4, 0.5) is 0 Å². The first-order chi connectivity index (χ1) is 12.1. The van der Waals surface area contributed by atoms with Gasteiger partial charge in [0.1, 0.15) is 0 Å². The Morgan fingerprint density at radius 1 is 1.16 bits per heavy atom. The molecule has 3 rings (SSSR count). The predicted octanol–water partition coefficient (Wildman–Crippen LogP) is 2.20. The van der Waals surface area contributed by atoms with E-state index in [1.165, 1.54) is 17.5 Å². The quantitative estimate of drug-likeness (QED) is 0.888. The van der Waals surface area contributed by atoms with Gasteiger partial charge in [-0.15, -0.1) is 0 Å². The number of carbonyl (C=O) groups excluding carboxylic acids is 1. The molecular weight excluding hydrogens is 316 g/mol. The summed E-state index contributed by atoms with van der Waals surface area (Å²) in [6.07, 6.45) is 0.835. The summed E-state index contributed by atoms with van der Waals surface area (Å²) >= 11 is 0. The van der Waals surface area contributed by atoms with Crippen LogP contribution < -0.4 is 5.32 Å². The van der Waals surface area contributed by atoms with Crippen molar-refractivity contribution in [2.24, 2.45) is 11.8 Å². The third-order valence-electron chi connectivity index (χ3n) is 5.02. The van der Waals surface area contributed by atoms with Crippen molar-refractivity contribution in [1.82, 2.24) is 10.2 Å². The number of nitrogens with zero attached hydrogens (tertiary/aromatic N) is 1. The summed E-state index contributed by atoms with van der Waals surface area (Å²) in [7, 11) is 0. The van der Waals surface area contributed by atoms with Gasteiger partial charge in [-0.05, 0) is 29.4 Å². The van der Waals surface area contributed by atoms with Crippen LogP contribution >= 0.6 is 0 Å². The second-order valence-electron chi connectivity index (χ2n) is 7.56. The molecule has 2 heterocycles. The van der Waals surface area contributed by atoms with Crippen molar-refractivity contribution in [1.29, 1.82) is 0 Å². The predicted molar refractivity (Wildman–Crippen MR) is 97.1 cm³/mol. The highest BCUT2D eigenvalue weighted by molar-refractivity contribution is 5.81. The third kappa shape index (κ3) is 5.27. The van der Waals surface area contributed by atoms with Gasteiger partial charge in [-0.3, -0.25) is 9.69 Å². The van der Waals surface area contributed by atoms with Crippen molar-refractivity contribution in [3.63, 3.8) is 0 Å². The Morgan fingerprint density at radius 3 is 2.56 bits per heavy atom. The van der Waals surface area contributed by atoms with E-state index in [1.807, 2.05) is 6.07 Å². The SMILES string of the molecule is C[C@@H]1C[C@@H](C)CN(Cc2ccccc2CNC(=O)[C@H]2COCCO2)C1.